The second-order valence-corrected chi connectivity index (χ2v) is 4.32. The summed E-state index contributed by atoms with van der Waals surface area (Å²) in [6.07, 6.45) is 0. The van der Waals surface area contributed by atoms with Crippen molar-refractivity contribution in [3.63, 3.8) is 0 Å². The molecule has 1 heterocycles. The van der Waals surface area contributed by atoms with Crippen LogP contribution in [0.2, 0.25) is 0 Å². The van der Waals surface area contributed by atoms with Gasteiger partial charge in [0, 0.05) is 26.2 Å². The molecule has 0 unspecified atom stereocenters. The molecular formula is C11H25N3O. The summed E-state index contributed by atoms with van der Waals surface area (Å²) in [5.41, 5.74) is 5.01. The highest BCUT2D eigenvalue weighted by Gasteiger charge is 2.29. The summed E-state index contributed by atoms with van der Waals surface area (Å²) in [6, 6.07) is 0. The Kier molecular flexibility index (Phi) is 5.83. The van der Waals surface area contributed by atoms with E-state index >= 15 is 0 Å². The third kappa shape index (κ3) is 4.62. The van der Waals surface area contributed by atoms with E-state index in [1.54, 1.807) is 13.8 Å². The number of amides is 1. The lowest BCUT2D eigenvalue weighted by molar-refractivity contribution is -0.137. The second kappa shape index (κ2) is 6.08. The third-order valence-electron chi connectivity index (χ3n) is 2.34. The van der Waals surface area contributed by atoms with Gasteiger partial charge >= 0.3 is 0 Å². The standard InChI is InChI=1S/C9H19N3O.C2H6/c1-9(2,10)8(13)12-6-4-11(3)5-7-12;1-2/h4-7,10H2,1-3H3;1-2H3. The van der Waals surface area contributed by atoms with Crippen molar-refractivity contribution in [3.05, 3.63) is 0 Å². The molecule has 4 nitrogen and oxygen atoms in total. The predicted octanol–water partition coefficient (Wildman–Crippen LogP) is 0.524. The van der Waals surface area contributed by atoms with Gasteiger partial charge in [-0.15, -0.1) is 0 Å². The summed E-state index contributed by atoms with van der Waals surface area (Å²) < 4.78 is 0. The molecule has 0 bridgehead atoms. The number of rotatable bonds is 1. The van der Waals surface area contributed by atoms with Crippen molar-refractivity contribution in [2.45, 2.75) is 33.2 Å². The first-order valence-corrected chi connectivity index (χ1v) is 5.68. The molecule has 15 heavy (non-hydrogen) atoms. The highest BCUT2D eigenvalue weighted by Crippen LogP contribution is 2.07. The van der Waals surface area contributed by atoms with Gasteiger partial charge in [-0.2, -0.15) is 0 Å². The third-order valence-corrected chi connectivity index (χ3v) is 2.34. The largest absolute Gasteiger partial charge is 0.339 e. The van der Waals surface area contributed by atoms with Gasteiger partial charge in [0.15, 0.2) is 0 Å². The van der Waals surface area contributed by atoms with Crippen LogP contribution in [0.3, 0.4) is 0 Å². The monoisotopic (exact) mass is 215 g/mol. The van der Waals surface area contributed by atoms with Crippen LogP contribution < -0.4 is 5.73 Å². The van der Waals surface area contributed by atoms with E-state index in [9.17, 15) is 4.79 Å². The average Bonchev–Trinajstić information content (AvgIpc) is 2.20. The molecule has 0 aromatic rings. The Bertz CT molecular complexity index is 190. The van der Waals surface area contributed by atoms with E-state index in [0.717, 1.165) is 26.2 Å². The summed E-state index contributed by atoms with van der Waals surface area (Å²) in [5, 5.41) is 0. The minimum Gasteiger partial charge on any atom is -0.339 e. The minimum atomic E-state index is -0.726. The van der Waals surface area contributed by atoms with Crippen LogP contribution in [0.5, 0.6) is 0 Å². The van der Waals surface area contributed by atoms with Gasteiger partial charge in [-0.1, -0.05) is 13.8 Å². The van der Waals surface area contributed by atoms with Gasteiger partial charge < -0.3 is 15.5 Å². The van der Waals surface area contributed by atoms with Gasteiger partial charge in [0.05, 0.1) is 5.54 Å². The van der Waals surface area contributed by atoms with Crippen molar-refractivity contribution in [2.24, 2.45) is 5.73 Å². The molecule has 2 N–H and O–H groups in total. The van der Waals surface area contributed by atoms with Crippen molar-refractivity contribution in [1.29, 1.82) is 0 Å². The van der Waals surface area contributed by atoms with Crippen LogP contribution in [-0.2, 0) is 4.79 Å². The normalized spacial score (nSPS) is 18.1. The Hall–Kier alpha value is -0.610. The SMILES string of the molecule is CC.CN1CCN(C(=O)C(C)(C)N)CC1. The van der Waals surface area contributed by atoms with E-state index in [2.05, 4.69) is 11.9 Å². The highest BCUT2D eigenvalue weighted by molar-refractivity contribution is 5.85. The van der Waals surface area contributed by atoms with Gasteiger partial charge in [-0.3, -0.25) is 4.79 Å². The maximum atomic E-state index is 11.7. The lowest BCUT2D eigenvalue weighted by atomic mass is 10.1. The van der Waals surface area contributed by atoms with Crippen LogP contribution in [0.15, 0.2) is 0 Å². The van der Waals surface area contributed by atoms with Crippen molar-refractivity contribution in [3.8, 4) is 0 Å². The fourth-order valence-electron chi connectivity index (χ4n) is 1.42. The summed E-state index contributed by atoms with van der Waals surface area (Å²) in [5.74, 6) is 0.0561. The fraction of sp³-hybridized carbons (Fsp3) is 0.909. The first-order chi connectivity index (χ1) is 6.91. The van der Waals surface area contributed by atoms with Crippen LogP contribution in [0.4, 0.5) is 0 Å². The van der Waals surface area contributed by atoms with Crippen LogP contribution in [0.25, 0.3) is 0 Å². The molecule has 1 aliphatic rings. The minimum absolute atomic E-state index is 0.0561. The Morgan fingerprint density at radius 1 is 1.13 bits per heavy atom. The highest BCUT2D eigenvalue weighted by atomic mass is 16.2. The average molecular weight is 215 g/mol. The van der Waals surface area contributed by atoms with E-state index in [1.807, 2.05) is 18.7 Å². The maximum absolute atomic E-state index is 11.7. The van der Waals surface area contributed by atoms with Gasteiger partial charge in [-0.25, -0.2) is 0 Å². The first kappa shape index (κ1) is 14.4. The van der Waals surface area contributed by atoms with Crippen molar-refractivity contribution in [1.82, 2.24) is 9.80 Å². The van der Waals surface area contributed by atoms with Crippen LogP contribution >= 0.6 is 0 Å². The molecule has 1 saturated heterocycles. The summed E-state index contributed by atoms with van der Waals surface area (Å²) in [6.45, 7) is 11.0. The zero-order valence-electron chi connectivity index (χ0n) is 10.7. The maximum Gasteiger partial charge on any atom is 0.242 e. The molecule has 0 aromatic carbocycles. The van der Waals surface area contributed by atoms with Crippen molar-refractivity contribution in [2.75, 3.05) is 33.2 Å². The molecule has 4 heteroatoms. The Balaban J connectivity index is 0.000000921. The quantitative estimate of drug-likeness (QED) is 0.694. The van der Waals surface area contributed by atoms with Gasteiger partial charge in [0.2, 0.25) is 5.91 Å². The number of carbonyl (C=O) groups is 1. The number of nitrogens with zero attached hydrogens (tertiary/aromatic N) is 2. The predicted molar refractivity (Wildman–Crippen MR) is 63.7 cm³/mol. The van der Waals surface area contributed by atoms with E-state index in [4.69, 9.17) is 5.73 Å². The van der Waals surface area contributed by atoms with E-state index in [0.29, 0.717) is 0 Å². The molecule has 1 rings (SSSR count). The molecule has 0 aliphatic carbocycles. The number of hydrogen-bond donors (Lipinski definition) is 1. The molecule has 0 spiro atoms. The molecule has 0 aromatic heterocycles. The Labute approximate surface area is 93.4 Å². The van der Waals surface area contributed by atoms with Crippen LogP contribution in [0, 0.1) is 0 Å². The number of hydrogen-bond acceptors (Lipinski definition) is 3. The summed E-state index contributed by atoms with van der Waals surface area (Å²) in [7, 11) is 2.06. The lowest BCUT2D eigenvalue weighted by Gasteiger charge is -2.35. The molecular weight excluding hydrogens is 190 g/mol. The topological polar surface area (TPSA) is 49.6 Å². The first-order valence-electron chi connectivity index (χ1n) is 5.68. The van der Waals surface area contributed by atoms with Gasteiger partial charge in [0.25, 0.3) is 0 Å². The number of piperazine rings is 1. The van der Waals surface area contributed by atoms with Crippen LogP contribution in [0.1, 0.15) is 27.7 Å². The molecule has 1 fully saturated rings. The molecule has 0 saturated carbocycles. The smallest absolute Gasteiger partial charge is 0.242 e. The summed E-state index contributed by atoms with van der Waals surface area (Å²) in [4.78, 5) is 15.8. The molecule has 1 amide bonds. The van der Waals surface area contributed by atoms with Gasteiger partial charge in [0.1, 0.15) is 0 Å². The molecule has 90 valence electrons. The Morgan fingerprint density at radius 3 is 1.87 bits per heavy atom. The number of likely N-dealkylation sites (N-methyl/N-ethyl adjacent to an activating group) is 1. The number of nitrogens with two attached hydrogens (primary N) is 1. The van der Waals surface area contributed by atoms with E-state index in [-0.39, 0.29) is 5.91 Å². The van der Waals surface area contributed by atoms with Crippen molar-refractivity contribution < 1.29 is 4.79 Å². The number of carbonyl (C=O) groups excluding carboxylic acids is 1. The fourth-order valence-corrected chi connectivity index (χ4v) is 1.42. The lowest BCUT2D eigenvalue weighted by Crippen LogP contribution is -2.56. The zero-order valence-corrected chi connectivity index (χ0v) is 10.7. The molecule has 0 radical (unpaired) electrons. The van der Waals surface area contributed by atoms with E-state index < -0.39 is 5.54 Å². The zero-order chi connectivity index (χ0) is 12.1. The summed E-state index contributed by atoms with van der Waals surface area (Å²) >= 11 is 0. The second-order valence-electron chi connectivity index (χ2n) is 4.32. The molecule has 0 atom stereocenters. The van der Waals surface area contributed by atoms with Gasteiger partial charge in [-0.05, 0) is 20.9 Å². The van der Waals surface area contributed by atoms with Crippen LogP contribution in [-0.4, -0.2) is 54.5 Å². The van der Waals surface area contributed by atoms with Crippen molar-refractivity contribution >= 4 is 5.91 Å². The molecule has 1 aliphatic heterocycles. The van der Waals surface area contributed by atoms with E-state index in [1.165, 1.54) is 0 Å². The Morgan fingerprint density at radius 2 is 1.53 bits per heavy atom.